The van der Waals surface area contributed by atoms with E-state index >= 15 is 0 Å². The lowest BCUT2D eigenvalue weighted by Gasteiger charge is -2.12. The third-order valence-electron chi connectivity index (χ3n) is 4.61. The molecule has 0 radical (unpaired) electrons. The van der Waals surface area contributed by atoms with Crippen molar-refractivity contribution < 1.29 is 0 Å². The first kappa shape index (κ1) is 23.3. The van der Waals surface area contributed by atoms with Gasteiger partial charge in [0, 0.05) is 23.3 Å². The van der Waals surface area contributed by atoms with Crippen molar-refractivity contribution >= 4 is 87.8 Å². The molecule has 5 rings (SSSR count). The predicted octanol–water partition coefficient (Wildman–Crippen LogP) is 4.87. The second kappa shape index (κ2) is 9.65. The average Bonchev–Trinajstić information content (AvgIpc) is 3.27. The summed E-state index contributed by atoms with van der Waals surface area (Å²) in [5, 5.41) is 15.9. The van der Waals surface area contributed by atoms with Gasteiger partial charge in [0.15, 0.2) is 5.15 Å². The minimum atomic E-state index is 0. The maximum absolute atomic E-state index is 6.12. The quantitative estimate of drug-likeness (QED) is 0.339. The van der Waals surface area contributed by atoms with Gasteiger partial charge in [-0.05, 0) is 42.8 Å². The molecule has 0 amide bonds. The molecule has 0 unspecified atom stereocenters. The average molecular weight is 475 g/mol. The molecule has 154 valence electrons. The molecule has 1 aliphatic rings. The van der Waals surface area contributed by atoms with Gasteiger partial charge in [-0.15, -0.1) is 37.2 Å². The van der Waals surface area contributed by atoms with E-state index < -0.39 is 0 Å². The van der Waals surface area contributed by atoms with Crippen molar-refractivity contribution in [3.05, 3.63) is 47.5 Å². The van der Waals surface area contributed by atoms with Crippen LogP contribution in [0, 0.1) is 0 Å². The number of rotatable bonds is 3. The van der Waals surface area contributed by atoms with E-state index in [0.717, 1.165) is 58.6 Å². The molecular weight excluding hydrogens is 456 g/mol. The Morgan fingerprint density at radius 2 is 1.90 bits per heavy atom. The van der Waals surface area contributed by atoms with Crippen molar-refractivity contribution in [3.8, 4) is 0 Å². The van der Waals surface area contributed by atoms with Crippen LogP contribution >= 0.6 is 48.8 Å². The van der Waals surface area contributed by atoms with E-state index in [0.29, 0.717) is 5.15 Å². The fourth-order valence-corrected chi connectivity index (χ4v) is 3.47. The van der Waals surface area contributed by atoms with Crippen LogP contribution in [0.2, 0.25) is 5.15 Å². The van der Waals surface area contributed by atoms with Gasteiger partial charge in [0.25, 0.3) is 0 Å². The molecule has 0 spiro atoms. The van der Waals surface area contributed by atoms with Crippen LogP contribution in [0.3, 0.4) is 0 Å². The van der Waals surface area contributed by atoms with E-state index in [2.05, 4.69) is 47.9 Å². The van der Waals surface area contributed by atoms with Crippen LogP contribution in [0.5, 0.6) is 0 Å². The number of fused-ring (bicyclic) bond motifs is 2. The Bertz CT molecular complexity index is 1150. The zero-order chi connectivity index (χ0) is 17.5. The third kappa shape index (κ3) is 4.44. The number of H-pyrrole nitrogens is 2. The van der Waals surface area contributed by atoms with E-state index in [1.165, 1.54) is 5.57 Å². The van der Waals surface area contributed by atoms with E-state index in [1.807, 2.05) is 18.2 Å². The molecule has 0 aliphatic carbocycles. The SMILES string of the molecule is Cl.Cl.Cl.Clc1n[nH]c2ccc(Nc3ncnc4[nH]c(C5=CCNCC5)cc34)cc12. The number of aromatic amines is 2. The van der Waals surface area contributed by atoms with Gasteiger partial charge in [0.1, 0.15) is 17.8 Å². The summed E-state index contributed by atoms with van der Waals surface area (Å²) in [7, 11) is 0. The molecule has 0 saturated heterocycles. The first-order chi connectivity index (χ1) is 12.8. The standard InChI is InChI=1S/C18H16ClN7.3ClH/c19-16-12-7-11(1-2-14(12)25-26-16)23-17-13-8-15(10-3-5-20-6-4-10)24-18(13)22-9-21-17;;;/h1-3,7-9,20H,4-6H2,(H,25,26)(H2,21,22,23,24);3*1H. The molecule has 0 bridgehead atoms. The van der Waals surface area contributed by atoms with Crippen molar-refractivity contribution in [2.45, 2.75) is 6.42 Å². The molecule has 7 nitrogen and oxygen atoms in total. The highest BCUT2D eigenvalue weighted by atomic mass is 35.5. The summed E-state index contributed by atoms with van der Waals surface area (Å²) in [4.78, 5) is 12.2. The Morgan fingerprint density at radius 1 is 1.03 bits per heavy atom. The summed E-state index contributed by atoms with van der Waals surface area (Å²) in [6, 6.07) is 7.97. The zero-order valence-electron chi connectivity index (χ0n) is 15.0. The Labute approximate surface area is 190 Å². The van der Waals surface area contributed by atoms with Gasteiger partial charge in [-0.2, -0.15) is 5.10 Å². The smallest absolute Gasteiger partial charge is 0.158 e. The summed E-state index contributed by atoms with van der Waals surface area (Å²) in [5.41, 5.74) is 5.01. The second-order valence-electron chi connectivity index (χ2n) is 6.25. The summed E-state index contributed by atoms with van der Waals surface area (Å²) >= 11 is 6.12. The highest BCUT2D eigenvalue weighted by Crippen LogP contribution is 2.30. The van der Waals surface area contributed by atoms with Crippen LogP contribution in [0.25, 0.3) is 27.5 Å². The number of hydrogen-bond donors (Lipinski definition) is 4. The Kier molecular flexibility index (Phi) is 7.73. The van der Waals surface area contributed by atoms with Crippen molar-refractivity contribution in [2.75, 3.05) is 18.4 Å². The van der Waals surface area contributed by atoms with E-state index in [-0.39, 0.29) is 37.2 Å². The number of halogens is 4. The fraction of sp³-hybridized carbons (Fsp3) is 0.167. The Hall–Kier alpha value is -2.03. The maximum Gasteiger partial charge on any atom is 0.158 e. The Balaban J connectivity index is 0.000001000. The van der Waals surface area contributed by atoms with Crippen LogP contribution in [-0.2, 0) is 0 Å². The van der Waals surface area contributed by atoms with Crippen molar-refractivity contribution in [3.63, 3.8) is 0 Å². The van der Waals surface area contributed by atoms with Crippen molar-refractivity contribution in [1.29, 1.82) is 0 Å². The fourth-order valence-electron chi connectivity index (χ4n) is 3.28. The molecule has 0 fully saturated rings. The third-order valence-corrected chi connectivity index (χ3v) is 4.90. The molecule has 11 heteroatoms. The molecule has 3 aromatic heterocycles. The largest absolute Gasteiger partial charge is 0.340 e. The van der Waals surface area contributed by atoms with Crippen molar-refractivity contribution in [1.82, 2.24) is 30.5 Å². The van der Waals surface area contributed by atoms with E-state index in [9.17, 15) is 0 Å². The summed E-state index contributed by atoms with van der Waals surface area (Å²) < 4.78 is 0. The first-order valence-electron chi connectivity index (χ1n) is 8.42. The monoisotopic (exact) mass is 473 g/mol. The van der Waals surface area contributed by atoms with Gasteiger partial charge < -0.3 is 15.6 Å². The second-order valence-corrected chi connectivity index (χ2v) is 6.61. The normalized spacial score (nSPS) is 13.2. The number of benzene rings is 1. The van der Waals surface area contributed by atoms with Crippen LogP contribution < -0.4 is 10.6 Å². The molecule has 0 atom stereocenters. The van der Waals surface area contributed by atoms with Gasteiger partial charge in [-0.1, -0.05) is 17.7 Å². The number of anilines is 2. The molecule has 1 aliphatic heterocycles. The molecule has 29 heavy (non-hydrogen) atoms. The lowest BCUT2D eigenvalue weighted by Crippen LogP contribution is -2.20. The van der Waals surface area contributed by atoms with Gasteiger partial charge in [0.2, 0.25) is 0 Å². The zero-order valence-corrected chi connectivity index (χ0v) is 18.2. The minimum absolute atomic E-state index is 0. The van der Waals surface area contributed by atoms with E-state index in [4.69, 9.17) is 11.6 Å². The maximum atomic E-state index is 6.12. The summed E-state index contributed by atoms with van der Waals surface area (Å²) in [5.74, 6) is 0.756. The first-order valence-corrected chi connectivity index (χ1v) is 8.80. The van der Waals surface area contributed by atoms with Crippen LogP contribution in [0.1, 0.15) is 12.1 Å². The number of nitrogens with one attached hydrogen (secondary N) is 4. The number of nitrogens with zero attached hydrogens (tertiary/aromatic N) is 3. The van der Waals surface area contributed by atoms with Crippen LogP contribution in [0.15, 0.2) is 36.7 Å². The molecule has 4 heterocycles. The minimum Gasteiger partial charge on any atom is -0.340 e. The highest BCUT2D eigenvalue weighted by Gasteiger charge is 2.13. The highest BCUT2D eigenvalue weighted by molar-refractivity contribution is 6.34. The predicted molar refractivity (Wildman–Crippen MR) is 125 cm³/mol. The molecule has 0 saturated carbocycles. The molecule has 4 aromatic rings. The summed E-state index contributed by atoms with van der Waals surface area (Å²) in [6.45, 7) is 1.89. The molecule has 4 N–H and O–H groups in total. The van der Waals surface area contributed by atoms with Gasteiger partial charge in [0.05, 0.1) is 10.9 Å². The Morgan fingerprint density at radius 3 is 2.69 bits per heavy atom. The van der Waals surface area contributed by atoms with Crippen LogP contribution in [-0.4, -0.2) is 38.2 Å². The van der Waals surface area contributed by atoms with E-state index in [1.54, 1.807) is 6.33 Å². The topological polar surface area (TPSA) is 94.3 Å². The van der Waals surface area contributed by atoms with Gasteiger partial charge >= 0.3 is 0 Å². The number of hydrogen-bond acceptors (Lipinski definition) is 5. The van der Waals surface area contributed by atoms with Gasteiger partial charge in [-0.3, -0.25) is 5.10 Å². The lowest BCUT2D eigenvalue weighted by molar-refractivity contribution is 0.737. The molecular formula is C18H19Cl4N7. The van der Waals surface area contributed by atoms with Crippen LogP contribution in [0.4, 0.5) is 11.5 Å². The number of aromatic nitrogens is 5. The van der Waals surface area contributed by atoms with Crippen molar-refractivity contribution in [2.24, 2.45) is 0 Å². The lowest BCUT2D eigenvalue weighted by atomic mass is 10.1. The summed E-state index contributed by atoms with van der Waals surface area (Å²) in [6.07, 6.45) is 4.77. The molecule has 1 aromatic carbocycles. The van der Waals surface area contributed by atoms with Gasteiger partial charge in [-0.25, -0.2) is 9.97 Å².